The molecule has 0 aliphatic heterocycles. The van der Waals surface area contributed by atoms with Crippen molar-refractivity contribution in [1.82, 2.24) is 0 Å². The summed E-state index contributed by atoms with van der Waals surface area (Å²) in [4.78, 5) is 2.65. The summed E-state index contributed by atoms with van der Waals surface area (Å²) in [5.41, 5.74) is 7.59. The second kappa shape index (κ2) is 4.72. The van der Waals surface area contributed by atoms with Crippen molar-refractivity contribution in [2.45, 2.75) is 18.9 Å². The Bertz CT molecular complexity index is 755. The maximum Gasteiger partial charge on any atom is 0.0418 e. The van der Waals surface area contributed by atoms with Gasteiger partial charge in [0, 0.05) is 15.8 Å². The molecule has 2 heteroatoms. The number of hydrogen-bond acceptors (Lipinski definition) is 2. The summed E-state index contributed by atoms with van der Waals surface area (Å²) in [7, 11) is 0. The van der Waals surface area contributed by atoms with E-state index in [0.29, 0.717) is 0 Å². The largest absolute Gasteiger partial charge is 0.323 e. The average molecular weight is 279 g/mol. The van der Waals surface area contributed by atoms with Crippen molar-refractivity contribution in [2.24, 2.45) is 11.7 Å². The molecule has 3 aromatic rings. The van der Waals surface area contributed by atoms with Crippen LogP contribution in [0.15, 0.2) is 54.6 Å². The van der Waals surface area contributed by atoms with Crippen molar-refractivity contribution in [3.05, 3.63) is 59.5 Å². The molecule has 2 aromatic carbocycles. The zero-order chi connectivity index (χ0) is 13.5. The zero-order valence-electron chi connectivity index (χ0n) is 11.3. The maximum absolute atomic E-state index is 6.29. The van der Waals surface area contributed by atoms with Gasteiger partial charge in [0.05, 0.1) is 0 Å². The lowest BCUT2D eigenvalue weighted by Gasteiger charge is -2.06. The minimum atomic E-state index is 0.245. The quantitative estimate of drug-likeness (QED) is 0.719. The van der Waals surface area contributed by atoms with E-state index < -0.39 is 0 Å². The third-order valence-electron chi connectivity index (χ3n) is 4.12. The first kappa shape index (κ1) is 12.1. The molecule has 0 saturated heterocycles. The van der Waals surface area contributed by atoms with Crippen LogP contribution in [0.2, 0.25) is 0 Å². The first-order valence-electron chi connectivity index (χ1n) is 7.16. The van der Waals surface area contributed by atoms with Crippen LogP contribution in [0.4, 0.5) is 0 Å². The second-order valence-corrected chi connectivity index (χ2v) is 6.74. The highest BCUT2D eigenvalue weighted by Gasteiger charge is 2.30. The van der Waals surface area contributed by atoms with Gasteiger partial charge in [-0.2, -0.15) is 0 Å². The van der Waals surface area contributed by atoms with Crippen LogP contribution in [0.5, 0.6) is 0 Å². The van der Waals surface area contributed by atoms with Gasteiger partial charge in [-0.3, -0.25) is 0 Å². The fourth-order valence-electron chi connectivity index (χ4n) is 2.72. The molecular formula is C18H17NS. The topological polar surface area (TPSA) is 26.0 Å². The molecule has 1 aliphatic carbocycles. The molecule has 1 unspecified atom stereocenters. The Kier molecular flexibility index (Phi) is 2.86. The first-order valence-corrected chi connectivity index (χ1v) is 7.97. The maximum atomic E-state index is 6.29. The van der Waals surface area contributed by atoms with Gasteiger partial charge in [-0.15, -0.1) is 11.3 Å². The third-order valence-corrected chi connectivity index (χ3v) is 5.35. The molecule has 1 fully saturated rings. The molecule has 4 rings (SSSR count). The predicted molar refractivity (Wildman–Crippen MR) is 86.9 cm³/mol. The first-order chi connectivity index (χ1) is 9.81. The van der Waals surface area contributed by atoms with E-state index in [1.165, 1.54) is 38.9 Å². The fraction of sp³-hybridized carbons (Fsp3) is 0.222. The van der Waals surface area contributed by atoms with Crippen LogP contribution < -0.4 is 5.73 Å². The molecule has 2 N–H and O–H groups in total. The van der Waals surface area contributed by atoms with E-state index in [0.717, 1.165) is 5.92 Å². The van der Waals surface area contributed by atoms with Gasteiger partial charge >= 0.3 is 0 Å². The average Bonchev–Trinajstić information content (AvgIpc) is 3.23. The summed E-state index contributed by atoms with van der Waals surface area (Å²) in [5, 5.41) is 2.59. The van der Waals surface area contributed by atoms with Crippen molar-refractivity contribution >= 4 is 22.1 Å². The van der Waals surface area contributed by atoms with Gasteiger partial charge in [-0.25, -0.2) is 0 Å². The lowest BCUT2D eigenvalue weighted by Crippen LogP contribution is -2.10. The number of rotatable bonds is 3. The number of thiophene rings is 1. The van der Waals surface area contributed by atoms with Crippen LogP contribution in [0.25, 0.3) is 21.2 Å². The van der Waals surface area contributed by atoms with E-state index in [-0.39, 0.29) is 6.04 Å². The van der Waals surface area contributed by atoms with Crippen LogP contribution in [-0.4, -0.2) is 0 Å². The molecule has 1 saturated carbocycles. The molecule has 0 spiro atoms. The summed E-state index contributed by atoms with van der Waals surface area (Å²) >= 11 is 1.85. The van der Waals surface area contributed by atoms with Gasteiger partial charge in [0.1, 0.15) is 0 Å². The minimum absolute atomic E-state index is 0.245. The number of fused-ring (bicyclic) bond motifs is 1. The Morgan fingerprint density at radius 3 is 2.55 bits per heavy atom. The van der Waals surface area contributed by atoms with Crippen molar-refractivity contribution in [2.75, 3.05) is 0 Å². The lowest BCUT2D eigenvalue weighted by molar-refractivity contribution is 0.645. The minimum Gasteiger partial charge on any atom is -0.323 e. The molecule has 0 amide bonds. The normalized spacial score (nSPS) is 16.4. The Morgan fingerprint density at radius 2 is 1.75 bits per heavy atom. The monoisotopic (exact) mass is 279 g/mol. The fourth-order valence-corrected chi connectivity index (χ4v) is 3.82. The lowest BCUT2D eigenvalue weighted by atomic mass is 10.1. The van der Waals surface area contributed by atoms with Crippen LogP contribution >= 0.6 is 11.3 Å². The molecule has 1 aromatic heterocycles. The third kappa shape index (κ3) is 2.15. The molecule has 1 atom stereocenters. The Hall–Kier alpha value is -1.64. The Labute approximate surface area is 123 Å². The molecule has 1 heterocycles. The van der Waals surface area contributed by atoms with Crippen LogP contribution in [0, 0.1) is 5.92 Å². The van der Waals surface area contributed by atoms with Crippen LogP contribution in [0.1, 0.15) is 23.8 Å². The van der Waals surface area contributed by atoms with E-state index in [9.17, 15) is 0 Å². The van der Waals surface area contributed by atoms with E-state index in [4.69, 9.17) is 5.73 Å². The number of benzene rings is 2. The van der Waals surface area contributed by atoms with Crippen molar-refractivity contribution in [3.8, 4) is 10.4 Å². The van der Waals surface area contributed by atoms with E-state index in [1.54, 1.807) is 0 Å². The highest BCUT2D eigenvalue weighted by atomic mass is 32.1. The van der Waals surface area contributed by atoms with Gasteiger partial charge in [0.25, 0.3) is 0 Å². The van der Waals surface area contributed by atoms with Gasteiger partial charge in [-0.05, 0) is 53.3 Å². The predicted octanol–water partition coefficient (Wildman–Crippen LogP) is 4.98. The summed E-state index contributed by atoms with van der Waals surface area (Å²) in [6.07, 6.45) is 2.59. The van der Waals surface area contributed by atoms with Crippen LogP contribution in [-0.2, 0) is 0 Å². The van der Waals surface area contributed by atoms with Gasteiger partial charge < -0.3 is 5.73 Å². The zero-order valence-corrected chi connectivity index (χ0v) is 12.1. The van der Waals surface area contributed by atoms with E-state index in [2.05, 4.69) is 54.6 Å². The highest BCUT2D eigenvalue weighted by Crippen LogP contribution is 2.42. The molecule has 100 valence electrons. The molecule has 0 radical (unpaired) electrons. The Morgan fingerprint density at radius 1 is 0.950 bits per heavy atom. The number of hydrogen-bond donors (Lipinski definition) is 1. The molecule has 1 aliphatic rings. The second-order valence-electron chi connectivity index (χ2n) is 5.63. The van der Waals surface area contributed by atoms with E-state index >= 15 is 0 Å². The van der Waals surface area contributed by atoms with E-state index in [1.807, 2.05) is 11.3 Å². The van der Waals surface area contributed by atoms with Gasteiger partial charge in [-0.1, -0.05) is 36.4 Å². The standard InChI is InChI=1S/C18H17NS/c19-18(13-6-7-13)17-10-9-16(20-17)15-8-5-12-3-1-2-4-14(12)11-15/h1-5,8-11,13,18H,6-7,19H2. The summed E-state index contributed by atoms with van der Waals surface area (Å²) in [6.45, 7) is 0. The SMILES string of the molecule is NC(c1ccc(-c2ccc3ccccc3c2)s1)C1CC1. The highest BCUT2D eigenvalue weighted by molar-refractivity contribution is 7.15. The summed E-state index contributed by atoms with van der Waals surface area (Å²) < 4.78 is 0. The molecule has 20 heavy (non-hydrogen) atoms. The van der Waals surface area contributed by atoms with Crippen LogP contribution in [0.3, 0.4) is 0 Å². The smallest absolute Gasteiger partial charge is 0.0418 e. The number of nitrogens with two attached hydrogens (primary N) is 1. The summed E-state index contributed by atoms with van der Waals surface area (Å²) in [5.74, 6) is 0.720. The summed E-state index contributed by atoms with van der Waals surface area (Å²) in [6, 6.07) is 19.8. The molecule has 0 bridgehead atoms. The van der Waals surface area contributed by atoms with Gasteiger partial charge in [0.2, 0.25) is 0 Å². The molecular weight excluding hydrogens is 262 g/mol. The van der Waals surface area contributed by atoms with Crippen molar-refractivity contribution < 1.29 is 0 Å². The molecule has 1 nitrogen and oxygen atoms in total. The van der Waals surface area contributed by atoms with Crippen molar-refractivity contribution in [1.29, 1.82) is 0 Å². The Balaban J connectivity index is 1.71. The van der Waals surface area contributed by atoms with Gasteiger partial charge in [0.15, 0.2) is 0 Å². The van der Waals surface area contributed by atoms with Crippen molar-refractivity contribution in [3.63, 3.8) is 0 Å².